The predicted octanol–water partition coefficient (Wildman–Crippen LogP) is 5.82. The van der Waals surface area contributed by atoms with Crippen LogP contribution in [0.15, 0.2) is 42.5 Å². The molecule has 0 fully saturated rings. The van der Waals surface area contributed by atoms with Crippen molar-refractivity contribution in [2.45, 2.75) is 47.0 Å². The maximum absolute atomic E-state index is 5.23. The molecular weight excluding hydrogens is 256 g/mol. The van der Waals surface area contributed by atoms with Crippen molar-refractivity contribution in [3.63, 3.8) is 0 Å². The fraction of sp³-hybridized carbons (Fsp3) is 0.400. The van der Waals surface area contributed by atoms with Gasteiger partial charge in [0, 0.05) is 0 Å². The van der Waals surface area contributed by atoms with E-state index in [-0.39, 0.29) is 0 Å². The summed E-state index contributed by atoms with van der Waals surface area (Å²) in [5.41, 5.74) is 5.17. The number of benzene rings is 2. The third-order valence-corrected chi connectivity index (χ3v) is 3.79. The molecule has 1 heteroatoms. The van der Waals surface area contributed by atoms with Gasteiger partial charge in [-0.1, -0.05) is 61.9 Å². The number of hydrogen-bond donors (Lipinski definition) is 0. The number of methoxy groups -OCH3 is 1. The summed E-state index contributed by atoms with van der Waals surface area (Å²) in [5.74, 6) is 1.72. The molecule has 0 bridgehead atoms. The van der Waals surface area contributed by atoms with Crippen LogP contribution in [-0.2, 0) is 0 Å². The van der Waals surface area contributed by atoms with Crippen LogP contribution in [-0.4, -0.2) is 7.11 Å². The summed E-state index contributed by atoms with van der Waals surface area (Å²) < 4.78 is 5.23. The second kappa shape index (κ2) is 8.51. The van der Waals surface area contributed by atoms with Gasteiger partial charge in [-0.05, 0) is 49.8 Å². The predicted molar refractivity (Wildman–Crippen MR) is 92.4 cm³/mol. The van der Waals surface area contributed by atoms with Gasteiger partial charge in [-0.3, -0.25) is 0 Å². The fourth-order valence-corrected chi connectivity index (χ4v) is 2.51. The van der Waals surface area contributed by atoms with Crippen molar-refractivity contribution >= 4 is 0 Å². The highest BCUT2D eigenvalue weighted by molar-refractivity contribution is 5.42. The molecule has 114 valence electrons. The Morgan fingerprint density at radius 3 is 1.90 bits per heavy atom. The van der Waals surface area contributed by atoms with Crippen LogP contribution in [0.3, 0.4) is 0 Å². The highest BCUT2D eigenvalue weighted by Gasteiger charge is 2.01. The molecule has 0 heterocycles. The normalized spacial score (nSPS) is 11.3. The minimum absolute atomic E-state index is 0.709. The molecule has 1 unspecified atom stereocenters. The van der Waals surface area contributed by atoms with Crippen LogP contribution < -0.4 is 4.74 Å². The van der Waals surface area contributed by atoms with Gasteiger partial charge in [-0.25, -0.2) is 0 Å². The zero-order chi connectivity index (χ0) is 15.8. The van der Waals surface area contributed by atoms with E-state index in [2.05, 4.69) is 77.1 Å². The largest absolute Gasteiger partial charge is 0.496 e. The van der Waals surface area contributed by atoms with Gasteiger partial charge in [-0.2, -0.15) is 0 Å². The molecule has 2 rings (SSSR count). The molecule has 21 heavy (non-hydrogen) atoms. The van der Waals surface area contributed by atoms with Crippen molar-refractivity contribution in [1.29, 1.82) is 0 Å². The van der Waals surface area contributed by atoms with E-state index >= 15 is 0 Å². The Hall–Kier alpha value is -1.76. The van der Waals surface area contributed by atoms with Crippen molar-refractivity contribution in [2.24, 2.45) is 0 Å². The zero-order valence-electron chi connectivity index (χ0n) is 14.2. The summed E-state index contributed by atoms with van der Waals surface area (Å²) in [6.07, 6.45) is 1.23. The van der Waals surface area contributed by atoms with Crippen molar-refractivity contribution < 1.29 is 4.74 Å². The van der Waals surface area contributed by atoms with E-state index < -0.39 is 0 Å². The minimum Gasteiger partial charge on any atom is -0.496 e. The molecule has 0 aromatic heterocycles. The Bertz CT molecular complexity index is 520. The maximum atomic E-state index is 5.23. The molecule has 0 aliphatic carbocycles. The molecule has 2 aromatic carbocycles. The first-order chi connectivity index (χ1) is 9.99. The molecule has 2 aromatic rings. The van der Waals surface area contributed by atoms with Crippen molar-refractivity contribution in [2.75, 3.05) is 7.11 Å². The standard InChI is InChI=1S/C10H14O.C10H14/c1-7-5-8(2)10(11-4)9(3)6-7;1-3-9(2)10-7-5-4-6-8-10/h5-6H,1-4H3;4-9H,3H2,1-2H3. The van der Waals surface area contributed by atoms with E-state index in [1.165, 1.54) is 28.7 Å². The van der Waals surface area contributed by atoms with Gasteiger partial charge in [0.15, 0.2) is 0 Å². The zero-order valence-corrected chi connectivity index (χ0v) is 14.2. The van der Waals surface area contributed by atoms with Gasteiger partial charge in [0.05, 0.1) is 7.11 Å². The van der Waals surface area contributed by atoms with Crippen LogP contribution in [0.1, 0.15) is 48.4 Å². The lowest BCUT2D eigenvalue weighted by Gasteiger charge is -2.08. The van der Waals surface area contributed by atoms with Crippen LogP contribution in [0.4, 0.5) is 0 Å². The van der Waals surface area contributed by atoms with Crippen molar-refractivity contribution in [1.82, 2.24) is 0 Å². The number of aryl methyl sites for hydroxylation is 3. The lowest BCUT2D eigenvalue weighted by Crippen LogP contribution is -1.91. The molecule has 1 nitrogen and oxygen atoms in total. The Kier molecular flexibility index (Phi) is 7.01. The Morgan fingerprint density at radius 2 is 1.48 bits per heavy atom. The first-order valence-corrected chi connectivity index (χ1v) is 7.66. The first-order valence-electron chi connectivity index (χ1n) is 7.66. The van der Waals surface area contributed by atoms with Crippen LogP contribution in [0.2, 0.25) is 0 Å². The Morgan fingerprint density at radius 1 is 0.952 bits per heavy atom. The first kappa shape index (κ1) is 17.3. The summed E-state index contributed by atoms with van der Waals surface area (Å²) in [6.45, 7) is 10.7. The van der Waals surface area contributed by atoms with E-state index in [1.807, 2.05) is 0 Å². The smallest absolute Gasteiger partial charge is 0.124 e. The average molecular weight is 284 g/mol. The quantitative estimate of drug-likeness (QED) is 0.690. The lowest BCUT2D eigenvalue weighted by atomic mass is 9.99. The molecule has 0 amide bonds. The molecule has 0 spiro atoms. The molecule has 0 radical (unpaired) electrons. The van der Waals surface area contributed by atoms with Crippen LogP contribution in [0, 0.1) is 20.8 Å². The lowest BCUT2D eigenvalue weighted by molar-refractivity contribution is 0.408. The third kappa shape index (κ3) is 5.26. The highest BCUT2D eigenvalue weighted by atomic mass is 16.5. The Labute approximate surface area is 130 Å². The van der Waals surface area contributed by atoms with Gasteiger partial charge >= 0.3 is 0 Å². The van der Waals surface area contributed by atoms with Crippen molar-refractivity contribution in [3.05, 3.63) is 64.7 Å². The second-order valence-corrected chi connectivity index (χ2v) is 5.65. The van der Waals surface area contributed by atoms with Gasteiger partial charge < -0.3 is 4.74 Å². The summed E-state index contributed by atoms with van der Waals surface area (Å²) >= 11 is 0. The van der Waals surface area contributed by atoms with Crippen LogP contribution in [0.5, 0.6) is 5.75 Å². The molecule has 1 atom stereocenters. The van der Waals surface area contributed by atoms with E-state index in [0.29, 0.717) is 5.92 Å². The SMILES string of the molecule is CCC(C)c1ccccc1.COc1c(C)cc(C)cc1C. The molecular formula is C20H28O. The number of ether oxygens (including phenoxy) is 1. The molecule has 0 saturated heterocycles. The number of rotatable bonds is 3. The average Bonchev–Trinajstić information content (AvgIpc) is 2.47. The Balaban J connectivity index is 0.000000211. The van der Waals surface area contributed by atoms with E-state index in [9.17, 15) is 0 Å². The van der Waals surface area contributed by atoms with Crippen LogP contribution >= 0.6 is 0 Å². The summed E-state index contributed by atoms with van der Waals surface area (Å²) in [5, 5.41) is 0. The van der Waals surface area contributed by atoms with Crippen LogP contribution in [0.25, 0.3) is 0 Å². The van der Waals surface area contributed by atoms with E-state index in [1.54, 1.807) is 7.11 Å². The summed E-state index contributed by atoms with van der Waals surface area (Å²) in [7, 11) is 1.71. The van der Waals surface area contributed by atoms with Gasteiger partial charge in [0.1, 0.15) is 5.75 Å². The van der Waals surface area contributed by atoms with Crippen molar-refractivity contribution in [3.8, 4) is 5.75 Å². The topological polar surface area (TPSA) is 9.23 Å². The monoisotopic (exact) mass is 284 g/mol. The van der Waals surface area contributed by atoms with Gasteiger partial charge in [0.25, 0.3) is 0 Å². The molecule has 0 aliphatic heterocycles. The summed E-state index contributed by atoms with van der Waals surface area (Å²) in [6, 6.07) is 14.9. The molecule has 0 N–H and O–H groups in total. The van der Waals surface area contributed by atoms with E-state index in [0.717, 1.165) is 5.75 Å². The van der Waals surface area contributed by atoms with Gasteiger partial charge in [0.2, 0.25) is 0 Å². The number of hydrogen-bond acceptors (Lipinski definition) is 1. The molecule has 0 aliphatic rings. The third-order valence-electron chi connectivity index (χ3n) is 3.79. The van der Waals surface area contributed by atoms with E-state index in [4.69, 9.17) is 4.74 Å². The summed E-state index contributed by atoms with van der Waals surface area (Å²) in [4.78, 5) is 0. The fourth-order valence-electron chi connectivity index (χ4n) is 2.51. The second-order valence-electron chi connectivity index (χ2n) is 5.65. The minimum atomic E-state index is 0.709. The highest BCUT2D eigenvalue weighted by Crippen LogP contribution is 2.23. The van der Waals surface area contributed by atoms with Gasteiger partial charge in [-0.15, -0.1) is 0 Å². The maximum Gasteiger partial charge on any atom is 0.124 e. The molecule has 0 saturated carbocycles.